The molecular weight excluding hydrogens is 194 g/mol. The zero-order valence-electron chi connectivity index (χ0n) is 6.66. The Morgan fingerprint density at radius 1 is 1.62 bits per heavy atom. The van der Waals surface area contributed by atoms with Crippen molar-refractivity contribution < 1.29 is 19.0 Å². The second kappa shape index (κ2) is 4.19. The van der Waals surface area contributed by atoms with Crippen molar-refractivity contribution in [1.29, 1.82) is 0 Å². The number of aliphatic carboxylic acids is 1. The number of halogens is 1. The van der Waals surface area contributed by atoms with Crippen molar-refractivity contribution in [2.75, 3.05) is 6.61 Å². The third-order valence-electron chi connectivity index (χ3n) is 1.34. The number of hydrogen-bond donors (Lipinski definition) is 1. The van der Waals surface area contributed by atoms with Gasteiger partial charge in [-0.15, -0.1) is 9.24 Å². The number of carboxylic acid groups (broad SMARTS) is 1. The predicted octanol–water partition coefficient (Wildman–Crippen LogP) is 0.789. The van der Waals surface area contributed by atoms with Crippen molar-refractivity contribution in [2.45, 2.75) is 0 Å². The molecule has 1 aromatic carbocycles. The Kier molecular flexibility index (Phi) is 3.20. The van der Waals surface area contributed by atoms with Gasteiger partial charge in [-0.05, 0) is 6.07 Å². The first kappa shape index (κ1) is 9.93. The molecule has 1 rings (SSSR count). The van der Waals surface area contributed by atoms with Crippen molar-refractivity contribution in [3.8, 4) is 5.75 Å². The smallest absolute Gasteiger partial charge is 0.341 e. The van der Waals surface area contributed by atoms with Crippen molar-refractivity contribution in [1.82, 2.24) is 0 Å². The fraction of sp³-hybridized carbons (Fsp3) is 0.125. The highest BCUT2D eigenvalue weighted by Crippen LogP contribution is 2.15. The molecule has 0 spiro atoms. The van der Waals surface area contributed by atoms with E-state index in [-0.39, 0.29) is 5.75 Å². The molecule has 1 aromatic rings. The third kappa shape index (κ3) is 2.67. The van der Waals surface area contributed by atoms with E-state index >= 15 is 0 Å². The van der Waals surface area contributed by atoms with E-state index in [1.807, 2.05) is 0 Å². The topological polar surface area (TPSA) is 46.5 Å². The molecular formula is C8H8FO3P. The van der Waals surface area contributed by atoms with E-state index in [0.717, 1.165) is 0 Å². The van der Waals surface area contributed by atoms with Gasteiger partial charge in [0.25, 0.3) is 0 Å². The molecule has 1 unspecified atom stereocenters. The van der Waals surface area contributed by atoms with Crippen LogP contribution in [0.5, 0.6) is 5.75 Å². The fourth-order valence-electron chi connectivity index (χ4n) is 0.812. The lowest BCUT2D eigenvalue weighted by Gasteiger charge is -2.06. The van der Waals surface area contributed by atoms with Crippen LogP contribution in [0.2, 0.25) is 0 Å². The van der Waals surface area contributed by atoms with Gasteiger partial charge in [-0.1, -0.05) is 12.1 Å². The Bertz CT molecular complexity index is 307. The average Bonchev–Trinajstić information content (AvgIpc) is 2.03. The Morgan fingerprint density at radius 3 is 2.85 bits per heavy atom. The summed E-state index contributed by atoms with van der Waals surface area (Å²) in [6.45, 7) is -0.539. The van der Waals surface area contributed by atoms with Crippen molar-refractivity contribution >= 4 is 20.5 Å². The first-order valence-corrected chi connectivity index (χ1v) is 4.07. The molecule has 0 heterocycles. The number of rotatable bonds is 3. The average molecular weight is 202 g/mol. The number of ether oxygens (including phenoxy) is 1. The predicted molar refractivity (Wildman–Crippen MR) is 48.9 cm³/mol. The van der Waals surface area contributed by atoms with Crippen molar-refractivity contribution in [2.24, 2.45) is 0 Å². The summed E-state index contributed by atoms with van der Waals surface area (Å²) in [5, 5.41) is 8.80. The van der Waals surface area contributed by atoms with Crippen LogP contribution in [0.3, 0.4) is 0 Å². The Labute approximate surface area is 76.7 Å². The van der Waals surface area contributed by atoms with E-state index in [0.29, 0.717) is 5.30 Å². The van der Waals surface area contributed by atoms with Crippen LogP contribution in [0.25, 0.3) is 0 Å². The molecule has 0 aliphatic heterocycles. The summed E-state index contributed by atoms with van der Waals surface area (Å²) < 4.78 is 17.7. The zero-order chi connectivity index (χ0) is 9.84. The molecule has 0 saturated heterocycles. The maximum Gasteiger partial charge on any atom is 0.341 e. The molecule has 1 atom stereocenters. The van der Waals surface area contributed by atoms with E-state index < -0.39 is 18.4 Å². The van der Waals surface area contributed by atoms with Gasteiger partial charge in [-0.25, -0.2) is 9.18 Å². The molecule has 5 heteroatoms. The number of carbonyl (C=O) groups is 1. The third-order valence-corrected chi connectivity index (χ3v) is 1.79. The largest absolute Gasteiger partial charge is 0.479 e. The summed E-state index contributed by atoms with van der Waals surface area (Å²) in [4.78, 5) is 10.1. The second-order valence-corrected chi connectivity index (χ2v) is 2.96. The fourth-order valence-corrected chi connectivity index (χ4v) is 1.14. The minimum Gasteiger partial charge on any atom is -0.479 e. The van der Waals surface area contributed by atoms with Crippen LogP contribution in [0.1, 0.15) is 0 Å². The van der Waals surface area contributed by atoms with Crippen LogP contribution >= 0.6 is 9.24 Å². The van der Waals surface area contributed by atoms with E-state index in [2.05, 4.69) is 9.24 Å². The molecule has 3 nitrogen and oxygen atoms in total. The summed E-state index contributed by atoms with van der Waals surface area (Å²) in [5.41, 5.74) is 0. The van der Waals surface area contributed by atoms with Gasteiger partial charge in [0.15, 0.2) is 18.2 Å². The summed E-state index contributed by atoms with van der Waals surface area (Å²) in [5.74, 6) is -1.73. The van der Waals surface area contributed by atoms with E-state index in [9.17, 15) is 9.18 Å². The molecule has 0 radical (unpaired) electrons. The molecule has 70 valence electrons. The number of carboxylic acids is 1. The lowest BCUT2D eigenvalue weighted by molar-refractivity contribution is -0.139. The maximum absolute atomic E-state index is 13.0. The highest BCUT2D eigenvalue weighted by molar-refractivity contribution is 7.27. The first-order chi connectivity index (χ1) is 6.11. The molecule has 0 fully saturated rings. The summed E-state index contributed by atoms with van der Waals surface area (Å²) in [6.07, 6.45) is 0. The zero-order valence-corrected chi connectivity index (χ0v) is 7.81. The molecule has 0 aromatic heterocycles. The van der Waals surface area contributed by atoms with Gasteiger partial charge in [0.05, 0.1) is 0 Å². The maximum atomic E-state index is 13.0. The highest BCUT2D eigenvalue weighted by Gasteiger charge is 2.07. The highest BCUT2D eigenvalue weighted by atomic mass is 31.0. The monoisotopic (exact) mass is 202 g/mol. The Balaban J connectivity index is 2.81. The van der Waals surface area contributed by atoms with E-state index in [1.54, 1.807) is 6.07 Å². The molecule has 0 amide bonds. The van der Waals surface area contributed by atoms with Crippen LogP contribution in [-0.4, -0.2) is 17.7 Å². The van der Waals surface area contributed by atoms with Crippen LogP contribution in [0, 0.1) is 5.82 Å². The van der Waals surface area contributed by atoms with Gasteiger partial charge in [0.1, 0.15) is 0 Å². The second-order valence-electron chi connectivity index (χ2n) is 2.34. The Hall–Kier alpha value is -1.15. The normalized spacial score (nSPS) is 9.69. The van der Waals surface area contributed by atoms with Crippen molar-refractivity contribution in [3.63, 3.8) is 0 Å². The van der Waals surface area contributed by atoms with Crippen LogP contribution in [-0.2, 0) is 4.79 Å². The number of hydrogen-bond acceptors (Lipinski definition) is 2. The number of para-hydroxylation sites is 1. The quantitative estimate of drug-likeness (QED) is 0.737. The van der Waals surface area contributed by atoms with Gasteiger partial charge >= 0.3 is 5.97 Å². The summed E-state index contributed by atoms with van der Waals surface area (Å²) >= 11 is 0. The van der Waals surface area contributed by atoms with Crippen LogP contribution in [0.15, 0.2) is 18.2 Å². The SMILES string of the molecule is O=C(O)COc1c(F)cccc1P. The number of benzene rings is 1. The van der Waals surface area contributed by atoms with Gasteiger partial charge in [-0.3, -0.25) is 0 Å². The summed E-state index contributed by atoms with van der Waals surface area (Å²) in [7, 11) is 2.27. The van der Waals surface area contributed by atoms with Gasteiger partial charge in [0, 0.05) is 5.30 Å². The first-order valence-electron chi connectivity index (χ1n) is 3.50. The van der Waals surface area contributed by atoms with Crippen molar-refractivity contribution in [3.05, 3.63) is 24.0 Å². The van der Waals surface area contributed by atoms with Crippen LogP contribution < -0.4 is 10.0 Å². The standard InChI is InChI=1S/C8H8FO3P/c9-5-2-1-3-6(13)8(5)12-4-7(10)11/h1-3H,4,13H2,(H,10,11). The van der Waals surface area contributed by atoms with Crippen LogP contribution in [0.4, 0.5) is 4.39 Å². The van der Waals surface area contributed by atoms with Gasteiger partial charge in [-0.2, -0.15) is 0 Å². The Morgan fingerprint density at radius 2 is 2.31 bits per heavy atom. The van der Waals surface area contributed by atoms with Gasteiger partial charge in [0.2, 0.25) is 0 Å². The molecule has 0 aliphatic rings. The van der Waals surface area contributed by atoms with E-state index in [1.165, 1.54) is 12.1 Å². The minimum absolute atomic E-state index is 0.0325. The van der Waals surface area contributed by atoms with Gasteiger partial charge < -0.3 is 9.84 Å². The van der Waals surface area contributed by atoms with E-state index in [4.69, 9.17) is 9.84 Å². The molecule has 13 heavy (non-hydrogen) atoms. The molecule has 0 bridgehead atoms. The molecule has 0 aliphatic carbocycles. The minimum atomic E-state index is -1.13. The summed E-state index contributed by atoms with van der Waals surface area (Å²) in [6, 6.07) is 4.35. The lowest BCUT2D eigenvalue weighted by Crippen LogP contribution is -2.13. The lowest BCUT2D eigenvalue weighted by atomic mass is 10.3. The molecule has 1 N–H and O–H groups in total. The molecule has 0 saturated carbocycles.